The zero-order valence-corrected chi connectivity index (χ0v) is 10.7. The van der Waals surface area contributed by atoms with E-state index in [9.17, 15) is 4.79 Å². The van der Waals surface area contributed by atoms with E-state index >= 15 is 0 Å². The van der Waals surface area contributed by atoms with Crippen molar-refractivity contribution < 1.29 is 14.6 Å². The smallest absolute Gasteiger partial charge is 0.329 e. The first-order valence-corrected chi connectivity index (χ1v) is 6.23. The second kappa shape index (κ2) is 4.58. The van der Waals surface area contributed by atoms with Crippen LogP contribution in [0.15, 0.2) is 0 Å². The fourth-order valence-corrected chi connectivity index (χ4v) is 2.49. The highest BCUT2D eigenvalue weighted by Crippen LogP contribution is 2.31. The van der Waals surface area contributed by atoms with Gasteiger partial charge in [-0.25, -0.2) is 9.78 Å². The number of hydrogen-bond acceptors (Lipinski definition) is 6. The minimum Gasteiger partial charge on any atom is -0.480 e. The lowest BCUT2D eigenvalue weighted by atomic mass is 9.97. The maximum atomic E-state index is 10.4. The van der Waals surface area contributed by atoms with Gasteiger partial charge in [-0.05, 0) is 6.92 Å². The highest BCUT2D eigenvalue weighted by Gasteiger charge is 2.41. The topological polar surface area (TPSA) is 75.6 Å². The number of aliphatic carboxylic acids is 1. The zero-order chi connectivity index (χ0) is 12.5. The molecule has 1 aliphatic heterocycles. The summed E-state index contributed by atoms with van der Waals surface area (Å²) in [7, 11) is 0. The standard InChI is InChI=1S/C10H15N3O3S/c1-3-7-11-9(17-12-7)13-5-10(2,6-13)16-4-8(14)15/h3-6H2,1-2H3,(H,14,15). The van der Waals surface area contributed by atoms with Crippen LogP contribution >= 0.6 is 11.5 Å². The summed E-state index contributed by atoms with van der Waals surface area (Å²) in [5.74, 6) is -0.0843. The Balaban J connectivity index is 1.87. The van der Waals surface area contributed by atoms with Gasteiger partial charge in [-0.3, -0.25) is 0 Å². The first-order chi connectivity index (χ1) is 8.02. The number of aryl methyl sites for hydroxylation is 1. The molecule has 0 amide bonds. The molecule has 94 valence electrons. The number of carboxylic acids is 1. The molecule has 2 rings (SSSR count). The summed E-state index contributed by atoms with van der Waals surface area (Å²) in [4.78, 5) is 16.8. The lowest BCUT2D eigenvalue weighted by Crippen LogP contribution is -2.62. The molecule has 0 radical (unpaired) electrons. The summed E-state index contributed by atoms with van der Waals surface area (Å²) in [6.07, 6.45) is 0.830. The second-order valence-corrected chi connectivity index (χ2v) is 5.07. The van der Waals surface area contributed by atoms with Crippen molar-refractivity contribution >= 4 is 22.6 Å². The Bertz CT molecular complexity index is 415. The van der Waals surface area contributed by atoms with Crippen molar-refractivity contribution in [1.29, 1.82) is 0 Å². The summed E-state index contributed by atoms with van der Waals surface area (Å²) >= 11 is 1.38. The molecule has 0 spiro atoms. The van der Waals surface area contributed by atoms with Crippen LogP contribution in [0.4, 0.5) is 5.13 Å². The fraction of sp³-hybridized carbons (Fsp3) is 0.700. The third-order valence-electron chi connectivity index (χ3n) is 2.64. The molecule has 7 heteroatoms. The molecule has 0 bridgehead atoms. The molecule has 0 atom stereocenters. The number of rotatable bonds is 5. The summed E-state index contributed by atoms with van der Waals surface area (Å²) < 4.78 is 9.54. The molecule has 0 aromatic carbocycles. The molecule has 1 aromatic heterocycles. The van der Waals surface area contributed by atoms with Gasteiger partial charge in [0.15, 0.2) is 0 Å². The maximum Gasteiger partial charge on any atom is 0.329 e. The number of ether oxygens (including phenoxy) is 1. The van der Waals surface area contributed by atoms with Crippen LogP contribution in [0.2, 0.25) is 0 Å². The van der Waals surface area contributed by atoms with Crippen molar-refractivity contribution in [2.75, 3.05) is 24.6 Å². The predicted molar refractivity (Wildman–Crippen MR) is 63.5 cm³/mol. The Kier molecular flexibility index (Phi) is 3.30. The SMILES string of the molecule is CCc1nsc(N2CC(C)(OCC(=O)O)C2)n1. The molecule has 0 unspecified atom stereocenters. The van der Waals surface area contributed by atoms with E-state index < -0.39 is 5.97 Å². The lowest BCUT2D eigenvalue weighted by Gasteiger charge is -2.46. The number of carboxylic acid groups (broad SMARTS) is 1. The molecule has 1 aliphatic rings. The van der Waals surface area contributed by atoms with Gasteiger partial charge in [-0.15, -0.1) is 0 Å². The highest BCUT2D eigenvalue weighted by molar-refractivity contribution is 7.09. The summed E-state index contributed by atoms with van der Waals surface area (Å²) in [6, 6.07) is 0. The van der Waals surface area contributed by atoms with Crippen LogP contribution in [0.1, 0.15) is 19.7 Å². The third kappa shape index (κ3) is 2.73. The van der Waals surface area contributed by atoms with Gasteiger partial charge in [0.25, 0.3) is 0 Å². The summed E-state index contributed by atoms with van der Waals surface area (Å²) in [5, 5.41) is 9.44. The van der Waals surface area contributed by atoms with Crippen molar-refractivity contribution in [2.45, 2.75) is 25.9 Å². The first-order valence-electron chi connectivity index (χ1n) is 5.46. The van der Waals surface area contributed by atoms with Crippen molar-refractivity contribution in [1.82, 2.24) is 9.36 Å². The van der Waals surface area contributed by atoms with Gasteiger partial charge in [-0.1, -0.05) is 6.92 Å². The van der Waals surface area contributed by atoms with Gasteiger partial charge in [0.05, 0.1) is 13.1 Å². The molecule has 0 aliphatic carbocycles. The third-order valence-corrected chi connectivity index (χ3v) is 3.45. The van der Waals surface area contributed by atoms with E-state index in [0.29, 0.717) is 13.1 Å². The van der Waals surface area contributed by atoms with Gasteiger partial charge >= 0.3 is 5.97 Å². The average Bonchev–Trinajstić information content (AvgIpc) is 2.70. The Morgan fingerprint density at radius 2 is 2.35 bits per heavy atom. The van der Waals surface area contributed by atoms with Crippen LogP contribution in [0, 0.1) is 0 Å². The van der Waals surface area contributed by atoms with E-state index in [0.717, 1.165) is 17.4 Å². The molecular formula is C10H15N3O3S. The Morgan fingerprint density at radius 1 is 1.65 bits per heavy atom. The second-order valence-electron chi connectivity index (χ2n) is 4.34. The molecule has 1 fully saturated rings. The van der Waals surface area contributed by atoms with E-state index in [1.54, 1.807) is 0 Å². The predicted octanol–water partition coefficient (Wildman–Crippen LogP) is 0.780. The zero-order valence-electron chi connectivity index (χ0n) is 9.84. The normalized spacial score (nSPS) is 17.9. The van der Waals surface area contributed by atoms with E-state index in [2.05, 4.69) is 14.3 Å². The summed E-state index contributed by atoms with van der Waals surface area (Å²) in [6.45, 7) is 5.01. The average molecular weight is 257 g/mol. The molecule has 1 aromatic rings. The van der Waals surface area contributed by atoms with Crippen LogP contribution in [-0.4, -0.2) is 45.7 Å². The van der Waals surface area contributed by atoms with Crippen molar-refractivity contribution in [3.8, 4) is 0 Å². The number of carbonyl (C=O) groups is 1. The van der Waals surface area contributed by atoms with Crippen LogP contribution in [-0.2, 0) is 16.0 Å². The van der Waals surface area contributed by atoms with Crippen LogP contribution in [0.5, 0.6) is 0 Å². The van der Waals surface area contributed by atoms with Crippen LogP contribution in [0.25, 0.3) is 0 Å². The van der Waals surface area contributed by atoms with E-state index in [1.165, 1.54) is 11.5 Å². The molecular weight excluding hydrogens is 242 g/mol. The van der Waals surface area contributed by atoms with Crippen molar-refractivity contribution in [3.63, 3.8) is 0 Å². The minimum absolute atomic E-state index is 0.249. The molecule has 2 heterocycles. The van der Waals surface area contributed by atoms with Gasteiger partial charge in [0.2, 0.25) is 5.13 Å². The lowest BCUT2D eigenvalue weighted by molar-refractivity contribution is -0.150. The van der Waals surface area contributed by atoms with Gasteiger partial charge in [0.1, 0.15) is 18.0 Å². The Morgan fingerprint density at radius 3 is 2.88 bits per heavy atom. The van der Waals surface area contributed by atoms with Crippen LogP contribution < -0.4 is 4.90 Å². The van der Waals surface area contributed by atoms with E-state index in [4.69, 9.17) is 9.84 Å². The number of aromatic nitrogens is 2. The molecule has 1 saturated heterocycles. The van der Waals surface area contributed by atoms with Crippen molar-refractivity contribution in [3.05, 3.63) is 5.82 Å². The monoisotopic (exact) mass is 257 g/mol. The van der Waals surface area contributed by atoms with Crippen molar-refractivity contribution in [2.24, 2.45) is 0 Å². The number of hydrogen-bond donors (Lipinski definition) is 1. The van der Waals surface area contributed by atoms with Gasteiger partial charge in [-0.2, -0.15) is 4.37 Å². The largest absolute Gasteiger partial charge is 0.480 e. The first kappa shape index (κ1) is 12.3. The highest BCUT2D eigenvalue weighted by atomic mass is 32.1. The van der Waals surface area contributed by atoms with E-state index in [-0.39, 0.29) is 12.2 Å². The minimum atomic E-state index is -0.936. The molecule has 1 N–H and O–H groups in total. The maximum absolute atomic E-state index is 10.4. The van der Waals surface area contributed by atoms with Crippen LogP contribution in [0.3, 0.4) is 0 Å². The quantitative estimate of drug-likeness (QED) is 0.840. The Labute approximate surface area is 103 Å². The summed E-state index contributed by atoms with van der Waals surface area (Å²) in [5.41, 5.74) is -0.379. The molecule has 6 nitrogen and oxygen atoms in total. The fourth-order valence-electron chi connectivity index (χ4n) is 1.74. The van der Waals surface area contributed by atoms with Gasteiger partial charge < -0.3 is 14.7 Å². The number of nitrogens with zero attached hydrogens (tertiary/aromatic N) is 3. The molecule has 0 saturated carbocycles. The Hall–Kier alpha value is -1.21. The number of anilines is 1. The molecule has 17 heavy (non-hydrogen) atoms. The van der Waals surface area contributed by atoms with Gasteiger partial charge in [0, 0.05) is 18.0 Å². The van der Waals surface area contributed by atoms with E-state index in [1.807, 2.05) is 13.8 Å².